The van der Waals surface area contributed by atoms with Crippen LogP contribution < -0.4 is 10.6 Å². The lowest BCUT2D eigenvalue weighted by atomic mass is 10.0. The Bertz CT molecular complexity index is 873. The van der Waals surface area contributed by atoms with Gasteiger partial charge in [-0.25, -0.2) is 0 Å². The summed E-state index contributed by atoms with van der Waals surface area (Å²) in [6.45, 7) is 11.1. The Morgan fingerprint density at radius 1 is 1.13 bits per heavy atom. The fourth-order valence-electron chi connectivity index (χ4n) is 3.32. The normalized spacial score (nSPS) is 15.3. The van der Waals surface area contributed by atoms with Gasteiger partial charge in [-0.05, 0) is 42.7 Å². The molecule has 1 aliphatic rings. The lowest BCUT2D eigenvalue weighted by Gasteiger charge is -2.25. The number of hydrogen-bond donors (Lipinski definition) is 2. The first kappa shape index (κ1) is 22.0. The Labute approximate surface area is 179 Å². The van der Waals surface area contributed by atoms with Gasteiger partial charge in [-0.2, -0.15) is 0 Å². The molecule has 2 N–H and O–H groups in total. The van der Waals surface area contributed by atoms with Gasteiger partial charge in [-0.3, -0.25) is 20.0 Å². The van der Waals surface area contributed by atoms with Crippen molar-refractivity contribution in [2.45, 2.75) is 26.7 Å². The number of aryl methyl sites for hydroxylation is 1. The van der Waals surface area contributed by atoms with Gasteiger partial charge >= 0.3 is 0 Å². The van der Waals surface area contributed by atoms with Gasteiger partial charge in [0.2, 0.25) is 5.96 Å². The molecule has 3 rings (SSSR count). The summed E-state index contributed by atoms with van der Waals surface area (Å²) in [4.78, 5) is 19.8. The van der Waals surface area contributed by atoms with Gasteiger partial charge in [-0.15, -0.1) is 0 Å². The summed E-state index contributed by atoms with van der Waals surface area (Å²) in [5.41, 5.74) is 3.81. The molecule has 0 bridgehead atoms. The molecular weight excluding hydrogens is 376 g/mol. The number of aliphatic imine (C=N–C) groups is 1. The summed E-state index contributed by atoms with van der Waals surface area (Å²) >= 11 is 0. The summed E-state index contributed by atoms with van der Waals surface area (Å²) in [5.74, 6) is 0.724. The van der Waals surface area contributed by atoms with Crippen molar-refractivity contribution < 1.29 is 9.53 Å². The molecule has 1 heterocycles. The molecule has 6 nitrogen and oxygen atoms in total. The average Bonchev–Trinajstić information content (AvgIpc) is 2.74. The molecule has 0 atom stereocenters. The summed E-state index contributed by atoms with van der Waals surface area (Å²) in [7, 11) is 0. The molecule has 1 fully saturated rings. The molecule has 0 spiro atoms. The number of hydrogen-bond acceptors (Lipinski definition) is 4. The van der Waals surface area contributed by atoms with Crippen molar-refractivity contribution in [1.29, 1.82) is 0 Å². The number of carbonyl (C=O) groups excluding carboxylic acids is 1. The van der Waals surface area contributed by atoms with Crippen molar-refractivity contribution in [3.8, 4) is 0 Å². The molecule has 1 saturated heterocycles. The number of guanidine groups is 1. The van der Waals surface area contributed by atoms with E-state index in [-0.39, 0.29) is 5.91 Å². The third-order valence-electron chi connectivity index (χ3n) is 5.12. The van der Waals surface area contributed by atoms with Crippen molar-refractivity contribution in [2.75, 3.05) is 44.7 Å². The minimum atomic E-state index is -0.170. The lowest BCUT2D eigenvalue weighted by molar-refractivity contribution is 0.0394. The van der Waals surface area contributed by atoms with Crippen LogP contribution in [-0.2, 0) is 4.74 Å². The summed E-state index contributed by atoms with van der Waals surface area (Å²) in [5, 5.41) is 6.25. The highest BCUT2D eigenvalue weighted by atomic mass is 16.5. The van der Waals surface area contributed by atoms with Gasteiger partial charge in [0.15, 0.2) is 0 Å². The van der Waals surface area contributed by atoms with Crippen LogP contribution >= 0.6 is 0 Å². The molecular formula is C24H32N4O2. The first-order chi connectivity index (χ1) is 14.5. The van der Waals surface area contributed by atoms with E-state index >= 15 is 0 Å². The molecule has 160 valence electrons. The predicted octanol–water partition coefficient (Wildman–Crippen LogP) is 3.65. The number of anilines is 1. The molecule has 0 unspecified atom stereocenters. The number of amides is 1. The Hall–Kier alpha value is -2.70. The highest BCUT2D eigenvalue weighted by Crippen LogP contribution is 2.18. The van der Waals surface area contributed by atoms with Crippen molar-refractivity contribution >= 4 is 17.6 Å². The third kappa shape index (κ3) is 6.68. The molecule has 0 aromatic heterocycles. The molecule has 0 saturated carbocycles. The quantitative estimate of drug-likeness (QED) is 0.566. The fraction of sp³-hybridized carbons (Fsp3) is 0.417. The van der Waals surface area contributed by atoms with Gasteiger partial charge in [0.1, 0.15) is 0 Å². The van der Waals surface area contributed by atoms with E-state index in [2.05, 4.69) is 46.5 Å². The Morgan fingerprint density at radius 2 is 1.90 bits per heavy atom. The highest BCUT2D eigenvalue weighted by Gasteiger charge is 2.12. The maximum absolute atomic E-state index is 12.8. The standard InChI is InChI=1S/C24H32N4O2/c1-18(2)20-7-5-9-22(17-20)26-24(25-10-11-28-12-14-30-15-13-28)27-23(29)21-8-4-6-19(3)16-21/h4-9,16-18H,10-15H2,1-3H3,(H2,25,26,27,29). The van der Waals surface area contributed by atoms with Crippen LogP contribution in [0.3, 0.4) is 0 Å². The van der Waals surface area contributed by atoms with E-state index in [4.69, 9.17) is 4.74 Å². The molecule has 0 aliphatic carbocycles. The van der Waals surface area contributed by atoms with Gasteiger partial charge in [0.25, 0.3) is 5.91 Å². The van der Waals surface area contributed by atoms with Crippen LogP contribution in [0.1, 0.15) is 41.3 Å². The van der Waals surface area contributed by atoms with E-state index < -0.39 is 0 Å². The van der Waals surface area contributed by atoms with Crippen LogP contribution in [0.15, 0.2) is 53.5 Å². The van der Waals surface area contributed by atoms with E-state index in [0.717, 1.165) is 44.1 Å². The summed E-state index contributed by atoms with van der Waals surface area (Å²) < 4.78 is 5.40. The third-order valence-corrected chi connectivity index (χ3v) is 5.12. The molecule has 0 radical (unpaired) electrons. The second-order valence-corrected chi connectivity index (χ2v) is 7.91. The topological polar surface area (TPSA) is 66.0 Å². The van der Waals surface area contributed by atoms with E-state index in [1.165, 1.54) is 5.56 Å². The largest absolute Gasteiger partial charge is 0.379 e. The first-order valence-electron chi connectivity index (χ1n) is 10.6. The number of nitrogens with zero attached hydrogens (tertiary/aromatic N) is 2. The number of carbonyl (C=O) groups is 1. The van der Waals surface area contributed by atoms with Crippen LogP contribution in [0.2, 0.25) is 0 Å². The molecule has 2 aromatic rings. The summed E-state index contributed by atoms with van der Waals surface area (Å²) in [6.07, 6.45) is 0. The number of nitrogens with one attached hydrogen (secondary N) is 2. The second kappa shape index (κ2) is 10.9. The van der Waals surface area contributed by atoms with E-state index in [9.17, 15) is 4.79 Å². The van der Waals surface area contributed by atoms with Gasteiger partial charge in [0, 0.05) is 30.9 Å². The van der Waals surface area contributed by atoms with Crippen LogP contribution in [0.25, 0.3) is 0 Å². The van der Waals surface area contributed by atoms with Crippen molar-refractivity contribution in [3.63, 3.8) is 0 Å². The van der Waals surface area contributed by atoms with Gasteiger partial charge < -0.3 is 10.1 Å². The maximum atomic E-state index is 12.8. The predicted molar refractivity (Wildman–Crippen MR) is 122 cm³/mol. The van der Waals surface area contributed by atoms with Crippen LogP contribution in [0, 0.1) is 6.92 Å². The Balaban J connectivity index is 1.72. The lowest BCUT2D eigenvalue weighted by Crippen LogP contribution is -2.39. The fourth-order valence-corrected chi connectivity index (χ4v) is 3.32. The van der Waals surface area contributed by atoms with E-state index in [0.29, 0.717) is 24.0 Å². The minimum absolute atomic E-state index is 0.170. The zero-order valence-electron chi connectivity index (χ0n) is 18.1. The van der Waals surface area contributed by atoms with Gasteiger partial charge in [0.05, 0.1) is 19.8 Å². The molecule has 1 aliphatic heterocycles. The zero-order chi connectivity index (χ0) is 21.3. The molecule has 30 heavy (non-hydrogen) atoms. The second-order valence-electron chi connectivity index (χ2n) is 7.91. The average molecular weight is 409 g/mol. The number of rotatable bonds is 6. The number of ether oxygens (including phenoxy) is 1. The van der Waals surface area contributed by atoms with E-state index in [1.54, 1.807) is 0 Å². The SMILES string of the molecule is Cc1cccc(C(=O)NC(=NCCN2CCOCC2)Nc2cccc(C(C)C)c2)c1. The van der Waals surface area contributed by atoms with Crippen molar-refractivity contribution in [3.05, 3.63) is 65.2 Å². The number of benzene rings is 2. The van der Waals surface area contributed by atoms with Crippen LogP contribution in [0.5, 0.6) is 0 Å². The number of morpholine rings is 1. The Morgan fingerprint density at radius 3 is 2.63 bits per heavy atom. The Kier molecular flexibility index (Phi) is 7.99. The van der Waals surface area contributed by atoms with Crippen LogP contribution in [0.4, 0.5) is 5.69 Å². The maximum Gasteiger partial charge on any atom is 0.257 e. The molecule has 1 amide bonds. The molecule has 6 heteroatoms. The van der Waals surface area contributed by atoms with E-state index in [1.807, 2.05) is 43.3 Å². The first-order valence-corrected chi connectivity index (χ1v) is 10.6. The summed E-state index contributed by atoms with van der Waals surface area (Å²) in [6, 6.07) is 15.8. The zero-order valence-corrected chi connectivity index (χ0v) is 18.1. The van der Waals surface area contributed by atoms with Crippen LogP contribution in [-0.4, -0.2) is 56.2 Å². The highest BCUT2D eigenvalue weighted by molar-refractivity contribution is 6.10. The van der Waals surface area contributed by atoms with Crippen molar-refractivity contribution in [2.24, 2.45) is 4.99 Å². The minimum Gasteiger partial charge on any atom is -0.379 e. The van der Waals surface area contributed by atoms with Crippen molar-refractivity contribution in [1.82, 2.24) is 10.2 Å². The smallest absolute Gasteiger partial charge is 0.257 e. The molecule has 2 aromatic carbocycles. The van der Waals surface area contributed by atoms with Gasteiger partial charge in [-0.1, -0.05) is 43.7 Å². The monoisotopic (exact) mass is 408 g/mol.